The molecule has 2 aromatic carbocycles. The first kappa shape index (κ1) is 20.6. The molecule has 1 aliphatic heterocycles. The molecule has 0 N–H and O–H groups in total. The van der Waals surface area contributed by atoms with Crippen LogP contribution in [0.4, 0.5) is 0 Å². The molecule has 4 rings (SSSR count). The maximum atomic E-state index is 12.8. The number of benzene rings is 2. The van der Waals surface area contributed by atoms with Gasteiger partial charge in [0, 0.05) is 17.0 Å². The number of nitrogens with zero attached hydrogens (tertiary/aromatic N) is 1. The average molecular weight is 446 g/mol. The van der Waals surface area contributed by atoms with Gasteiger partial charge < -0.3 is 18.8 Å². The minimum atomic E-state index is -0.144. The highest BCUT2D eigenvalue weighted by atomic mass is 35.5. The molecular formula is C23H21Cl2NO4. The van der Waals surface area contributed by atoms with Gasteiger partial charge in [-0.05, 0) is 44.2 Å². The van der Waals surface area contributed by atoms with Crippen molar-refractivity contribution < 1.29 is 19.0 Å². The van der Waals surface area contributed by atoms with Gasteiger partial charge in [0.15, 0.2) is 24.2 Å². The van der Waals surface area contributed by atoms with Gasteiger partial charge in [0.2, 0.25) is 5.78 Å². The number of hydrogen-bond donors (Lipinski definition) is 0. The Kier molecular flexibility index (Phi) is 5.93. The molecule has 0 spiro atoms. The molecule has 0 saturated carbocycles. The summed E-state index contributed by atoms with van der Waals surface area (Å²) in [6, 6.07) is 14.6. The molecule has 3 aromatic rings. The molecule has 0 amide bonds. The van der Waals surface area contributed by atoms with Crippen LogP contribution >= 0.6 is 23.2 Å². The first-order chi connectivity index (χ1) is 14.4. The van der Waals surface area contributed by atoms with E-state index >= 15 is 0 Å². The molecule has 2 heterocycles. The lowest BCUT2D eigenvalue weighted by molar-refractivity contribution is 0.0777. The van der Waals surface area contributed by atoms with Crippen LogP contribution in [0.5, 0.6) is 17.2 Å². The molecule has 30 heavy (non-hydrogen) atoms. The van der Waals surface area contributed by atoms with Gasteiger partial charge >= 0.3 is 0 Å². The average Bonchev–Trinajstić information content (AvgIpc) is 3.03. The molecule has 0 saturated heterocycles. The number of Topliss-reactive ketones (excluding diaryl/α,β-unsaturated/α-hetero) is 1. The van der Waals surface area contributed by atoms with Gasteiger partial charge in [-0.3, -0.25) is 4.79 Å². The predicted molar refractivity (Wildman–Crippen MR) is 117 cm³/mol. The normalized spacial score (nSPS) is 15.1. The Morgan fingerprint density at radius 1 is 1.13 bits per heavy atom. The summed E-state index contributed by atoms with van der Waals surface area (Å²) in [6.45, 7) is 4.80. The minimum absolute atomic E-state index is 0.124. The summed E-state index contributed by atoms with van der Waals surface area (Å²) in [4.78, 5) is 12.8. The smallest absolute Gasteiger partial charge is 0.202 e. The van der Waals surface area contributed by atoms with Gasteiger partial charge in [0.1, 0.15) is 17.4 Å². The van der Waals surface area contributed by atoms with E-state index in [-0.39, 0.29) is 18.5 Å². The molecular weight excluding hydrogens is 425 g/mol. The van der Waals surface area contributed by atoms with Gasteiger partial charge in [0.25, 0.3) is 0 Å². The zero-order valence-electron chi connectivity index (χ0n) is 16.7. The van der Waals surface area contributed by atoms with Crippen molar-refractivity contribution in [3.63, 3.8) is 0 Å². The number of fused-ring (bicyclic) bond motifs is 1. The van der Waals surface area contributed by atoms with Crippen LogP contribution in [0.1, 0.15) is 21.7 Å². The second kappa shape index (κ2) is 8.62. The first-order valence-electron chi connectivity index (χ1n) is 9.59. The van der Waals surface area contributed by atoms with Gasteiger partial charge in [-0.15, -0.1) is 0 Å². The number of rotatable bonds is 6. The molecule has 0 radical (unpaired) electrons. The van der Waals surface area contributed by atoms with Crippen molar-refractivity contribution in [2.75, 3.05) is 13.2 Å². The quantitative estimate of drug-likeness (QED) is 0.469. The minimum Gasteiger partial charge on any atom is -0.486 e. The highest BCUT2D eigenvalue weighted by molar-refractivity contribution is 6.42. The molecule has 1 atom stereocenters. The maximum Gasteiger partial charge on any atom is 0.202 e. The van der Waals surface area contributed by atoms with Gasteiger partial charge in [-0.1, -0.05) is 41.4 Å². The monoisotopic (exact) mass is 445 g/mol. The van der Waals surface area contributed by atoms with Crippen LogP contribution in [0.2, 0.25) is 10.0 Å². The highest BCUT2D eigenvalue weighted by Crippen LogP contribution is 2.33. The van der Waals surface area contributed by atoms with E-state index in [2.05, 4.69) is 4.57 Å². The maximum absolute atomic E-state index is 12.8. The lowest BCUT2D eigenvalue weighted by Gasteiger charge is -2.27. The SMILES string of the molecule is Cc1cc(C(=O)COc2cccc(Cl)c2Cl)c(C)n1CC1COc2ccccc2O1. The number of carbonyl (C=O) groups is 1. The number of aromatic nitrogens is 1. The fraction of sp³-hybridized carbons (Fsp3) is 0.261. The summed E-state index contributed by atoms with van der Waals surface area (Å²) in [5.41, 5.74) is 2.45. The van der Waals surface area contributed by atoms with E-state index in [9.17, 15) is 4.79 Å². The van der Waals surface area contributed by atoms with Crippen LogP contribution in [-0.4, -0.2) is 29.7 Å². The molecule has 0 aliphatic carbocycles. The van der Waals surface area contributed by atoms with E-state index in [1.807, 2.05) is 44.2 Å². The van der Waals surface area contributed by atoms with Gasteiger partial charge in [0.05, 0.1) is 11.6 Å². The molecule has 156 valence electrons. The van der Waals surface area contributed by atoms with Crippen LogP contribution < -0.4 is 14.2 Å². The number of carbonyl (C=O) groups excluding carboxylic acids is 1. The van der Waals surface area contributed by atoms with Crippen LogP contribution in [-0.2, 0) is 6.54 Å². The number of para-hydroxylation sites is 2. The van der Waals surface area contributed by atoms with Gasteiger partial charge in [-0.25, -0.2) is 0 Å². The van der Waals surface area contributed by atoms with Crippen molar-refractivity contribution in [1.82, 2.24) is 4.57 Å². The number of aryl methyl sites for hydroxylation is 1. The Bertz CT molecular complexity index is 1090. The van der Waals surface area contributed by atoms with Crippen molar-refractivity contribution >= 4 is 29.0 Å². The lowest BCUT2D eigenvalue weighted by Crippen LogP contribution is -2.33. The fourth-order valence-corrected chi connectivity index (χ4v) is 3.88. The second-order valence-electron chi connectivity index (χ2n) is 7.16. The number of hydrogen-bond acceptors (Lipinski definition) is 4. The molecule has 1 unspecified atom stereocenters. The van der Waals surface area contributed by atoms with Crippen molar-refractivity contribution in [3.05, 3.63) is 75.5 Å². The van der Waals surface area contributed by atoms with Crippen LogP contribution in [0.25, 0.3) is 0 Å². The molecule has 0 fully saturated rings. The van der Waals surface area contributed by atoms with Crippen LogP contribution in [0.3, 0.4) is 0 Å². The van der Waals surface area contributed by atoms with E-state index in [1.54, 1.807) is 18.2 Å². The Morgan fingerprint density at radius 2 is 1.90 bits per heavy atom. The zero-order chi connectivity index (χ0) is 21.3. The van der Waals surface area contributed by atoms with Crippen molar-refractivity contribution in [2.24, 2.45) is 0 Å². The summed E-state index contributed by atoms with van der Waals surface area (Å²) in [5, 5.41) is 0.684. The Hall–Kier alpha value is -2.63. The summed E-state index contributed by atoms with van der Waals surface area (Å²) in [7, 11) is 0. The number of ether oxygens (including phenoxy) is 3. The molecule has 5 nitrogen and oxygen atoms in total. The predicted octanol–water partition coefficient (Wildman–Crippen LogP) is 5.51. The highest BCUT2D eigenvalue weighted by Gasteiger charge is 2.24. The standard InChI is InChI=1S/C23H21Cl2NO4/c1-14-10-17(19(27)13-29-22-9-5-6-18(24)23(22)25)15(2)26(14)11-16-12-28-20-7-3-4-8-21(20)30-16/h3-10,16H,11-13H2,1-2H3. The zero-order valence-corrected chi connectivity index (χ0v) is 18.2. The third-order valence-corrected chi connectivity index (χ3v) is 5.90. The molecule has 1 aliphatic rings. The molecule has 1 aromatic heterocycles. The van der Waals surface area contributed by atoms with Gasteiger partial charge in [-0.2, -0.15) is 0 Å². The van der Waals surface area contributed by atoms with E-state index in [1.165, 1.54) is 0 Å². The molecule has 0 bridgehead atoms. The first-order valence-corrected chi connectivity index (χ1v) is 10.3. The summed E-state index contributed by atoms with van der Waals surface area (Å²) >= 11 is 12.1. The van der Waals surface area contributed by atoms with Crippen molar-refractivity contribution in [3.8, 4) is 17.2 Å². The van der Waals surface area contributed by atoms with Crippen LogP contribution in [0, 0.1) is 13.8 Å². The summed E-state index contributed by atoms with van der Waals surface area (Å²) < 4.78 is 19.5. The molecule has 7 heteroatoms. The third-order valence-electron chi connectivity index (χ3n) is 5.10. The second-order valence-corrected chi connectivity index (χ2v) is 7.94. The summed E-state index contributed by atoms with van der Waals surface area (Å²) in [5.74, 6) is 1.75. The van der Waals surface area contributed by atoms with E-state index in [0.29, 0.717) is 34.5 Å². The van der Waals surface area contributed by atoms with Crippen LogP contribution in [0.15, 0.2) is 48.5 Å². The van der Waals surface area contributed by atoms with E-state index < -0.39 is 0 Å². The number of halogens is 2. The third kappa shape index (κ3) is 4.13. The topological polar surface area (TPSA) is 49.7 Å². The Balaban J connectivity index is 1.45. The Labute approximate surface area is 185 Å². The van der Waals surface area contributed by atoms with Crippen molar-refractivity contribution in [1.29, 1.82) is 0 Å². The summed E-state index contributed by atoms with van der Waals surface area (Å²) in [6.07, 6.45) is -0.144. The largest absolute Gasteiger partial charge is 0.486 e. The van der Waals surface area contributed by atoms with E-state index in [0.717, 1.165) is 22.9 Å². The lowest BCUT2D eigenvalue weighted by atomic mass is 10.1. The van der Waals surface area contributed by atoms with E-state index in [4.69, 9.17) is 37.4 Å². The van der Waals surface area contributed by atoms with Crippen molar-refractivity contribution in [2.45, 2.75) is 26.5 Å². The number of ketones is 1. The fourth-order valence-electron chi connectivity index (χ4n) is 3.54. The Morgan fingerprint density at radius 3 is 2.70 bits per heavy atom.